The Bertz CT molecular complexity index is 657. The minimum atomic E-state index is 0.0668. The first-order valence-corrected chi connectivity index (χ1v) is 8.02. The van der Waals surface area contributed by atoms with E-state index >= 15 is 0 Å². The molecular formula is C13H14N4OS2. The molecule has 1 aliphatic carbocycles. The molecule has 0 unspecified atom stereocenters. The molecule has 3 rings (SSSR count). The Morgan fingerprint density at radius 3 is 2.80 bits per heavy atom. The van der Waals surface area contributed by atoms with Gasteiger partial charge in [-0.25, -0.2) is 9.97 Å². The lowest BCUT2D eigenvalue weighted by Gasteiger charge is -2.16. The zero-order valence-electron chi connectivity index (χ0n) is 11.2. The van der Waals surface area contributed by atoms with Gasteiger partial charge in [-0.05, 0) is 43.4 Å². The Balaban J connectivity index is 1.76. The molecule has 2 aromatic rings. The highest BCUT2D eigenvalue weighted by atomic mass is 32.1. The van der Waals surface area contributed by atoms with Crippen LogP contribution in [-0.4, -0.2) is 26.3 Å². The van der Waals surface area contributed by atoms with Gasteiger partial charge in [0.2, 0.25) is 5.91 Å². The van der Waals surface area contributed by atoms with Gasteiger partial charge in [-0.2, -0.15) is 4.37 Å². The largest absolute Gasteiger partial charge is 0.285 e. The highest BCUT2D eigenvalue weighted by Gasteiger charge is 2.33. The van der Waals surface area contributed by atoms with E-state index in [1.54, 1.807) is 11.8 Å². The molecule has 2 aromatic heterocycles. The smallest absolute Gasteiger partial charge is 0.225 e. The number of anilines is 1. The fraction of sp³-hybridized carbons (Fsp3) is 0.385. The second-order valence-corrected chi connectivity index (χ2v) is 6.31. The molecule has 0 saturated heterocycles. The molecule has 0 radical (unpaired) electrons. The summed E-state index contributed by atoms with van der Waals surface area (Å²) in [6.45, 7) is 3.47. The minimum absolute atomic E-state index is 0.0668. The number of hydrogen-bond donors (Lipinski definition) is 0. The van der Waals surface area contributed by atoms with Crippen LogP contribution in [0.5, 0.6) is 0 Å². The van der Waals surface area contributed by atoms with E-state index in [2.05, 4.69) is 14.3 Å². The molecule has 2 heterocycles. The number of nitrogens with zero attached hydrogens (tertiary/aromatic N) is 4. The SMILES string of the molecule is CC(=O)N(c1nc(C=Cc2nc(C)ns2)cs1)C1CC1. The van der Waals surface area contributed by atoms with Crippen molar-refractivity contribution in [2.45, 2.75) is 32.7 Å². The summed E-state index contributed by atoms with van der Waals surface area (Å²) >= 11 is 2.87. The number of hydrogen-bond acceptors (Lipinski definition) is 6. The first-order valence-electron chi connectivity index (χ1n) is 6.37. The van der Waals surface area contributed by atoms with E-state index in [-0.39, 0.29) is 5.91 Å². The van der Waals surface area contributed by atoms with E-state index in [0.717, 1.165) is 34.5 Å². The molecule has 0 spiro atoms. The van der Waals surface area contributed by atoms with Crippen LogP contribution in [0.3, 0.4) is 0 Å². The number of aromatic nitrogens is 3. The summed E-state index contributed by atoms with van der Waals surface area (Å²) in [4.78, 5) is 22.3. The topological polar surface area (TPSA) is 59.0 Å². The molecule has 0 aliphatic heterocycles. The van der Waals surface area contributed by atoms with Crippen molar-refractivity contribution in [2.75, 3.05) is 4.90 Å². The van der Waals surface area contributed by atoms with Crippen LogP contribution < -0.4 is 4.90 Å². The third kappa shape index (κ3) is 2.94. The summed E-state index contributed by atoms with van der Waals surface area (Å²) in [5, 5.41) is 3.61. The summed E-state index contributed by atoms with van der Waals surface area (Å²) in [7, 11) is 0. The van der Waals surface area contributed by atoms with Crippen LogP contribution in [0.25, 0.3) is 12.2 Å². The van der Waals surface area contributed by atoms with Crippen LogP contribution in [0.15, 0.2) is 5.38 Å². The van der Waals surface area contributed by atoms with Gasteiger partial charge in [0, 0.05) is 18.3 Å². The first-order chi connectivity index (χ1) is 9.63. The van der Waals surface area contributed by atoms with Crippen molar-refractivity contribution in [3.05, 3.63) is 21.9 Å². The maximum absolute atomic E-state index is 11.7. The number of carbonyl (C=O) groups is 1. The van der Waals surface area contributed by atoms with E-state index in [4.69, 9.17) is 0 Å². The van der Waals surface area contributed by atoms with Crippen molar-refractivity contribution in [3.63, 3.8) is 0 Å². The number of amides is 1. The van der Waals surface area contributed by atoms with E-state index in [1.807, 2.05) is 24.5 Å². The second kappa shape index (κ2) is 5.41. The average Bonchev–Trinajstić information content (AvgIpc) is 2.95. The summed E-state index contributed by atoms with van der Waals surface area (Å²) < 4.78 is 4.13. The number of rotatable bonds is 4. The molecule has 1 amide bonds. The predicted molar refractivity (Wildman–Crippen MR) is 81.9 cm³/mol. The van der Waals surface area contributed by atoms with Gasteiger partial charge in [-0.15, -0.1) is 11.3 Å². The third-order valence-corrected chi connectivity index (χ3v) is 4.54. The summed E-state index contributed by atoms with van der Waals surface area (Å²) in [5.41, 5.74) is 0.852. The van der Waals surface area contributed by atoms with Gasteiger partial charge in [0.25, 0.3) is 0 Å². The van der Waals surface area contributed by atoms with Gasteiger partial charge < -0.3 is 0 Å². The van der Waals surface area contributed by atoms with Crippen molar-refractivity contribution in [2.24, 2.45) is 0 Å². The van der Waals surface area contributed by atoms with Crippen LogP contribution in [0.4, 0.5) is 5.13 Å². The zero-order chi connectivity index (χ0) is 14.1. The monoisotopic (exact) mass is 306 g/mol. The number of carbonyl (C=O) groups excluding carboxylic acids is 1. The maximum Gasteiger partial charge on any atom is 0.225 e. The van der Waals surface area contributed by atoms with E-state index in [1.165, 1.54) is 22.9 Å². The summed E-state index contributed by atoms with van der Waals surface area (Å²) in [5.74, 6) is 0.849. The molecule has 5 nitrogen and oxygen atoms in total. The van der Waals surface area contributed by atoms with Crippen LogP contribution in [0, 0.1) is 6.92 Å². The van der Waals surface area contributed by atoms with E-state index in [9.17, 15) is 4.79 Å². The quantitative estimate of drug-likeness (QED) is 0.871. The Hall–Kier alpha value is -1.60. The molecule has 0 N–H and O–H groups in total. The minimum Gasteiger partial charge on any atom is -0.285 e. The standard InChI is InChI=1S/C13H14N4OS2/c1-8-14-12(20-16-8)6-3-10-7-19-13(15-10)17(9(2)18)11-4-5-11/h3,6-7,11H,4-5H2,1-2H3. The maximum atomic E-state index is 11.7. The molecule has 1 fully saturated rings. The van der Waals surface area contributed by atoms with Gasteiger partial charge in [0.1, 0.15) is 10.8 Å². The molecule has 7 heteroatoms. The van der Waals surface area contributed by atoms with Crippen molar-refractivity contribution in [3.8, 4) is 0 Å². The molecule has 0 atom stereocenters. The fourth-order valence-electron chi connectivity index (χ4n) is 1.88. The lowest BCUT2D eigenvalue weighted by atomic mass is 10.4. The molecule has 1 aliphatic rings. The van der Waals surface area contributed by atoms with E-state index in [0.29, 0.717) is 6.04 Å². The Labute approximate surface area is 125 Å². The molecule has 1 saturated carbocycles. The van der Waals surface area contributed by atoms with Gasteiger partial charge in [0.05, 0.1) is 5.69 Å². The fourth-order valence-corrected chi connectivity index (χ4v) is 3.36. The Morgan fingerprint density at radius 1 is 1.40 bits per heavy atom. The van der Waals surface area contributed by atoms with Crippen molar-refractivity contribution < 1.29 is 4.79 Å². The molecule has 0 bridgehead atoms. The lowest BCUT2D eigenvalue weighted by Crippen LogP contribution is -2.30. The van der Waals surface area contributed by atoms with Crippen molar-refractivity contribution in [1.82, 2.24) is 14.3 Å². The second-order valence-electron chi connectivity index (χ2n) is 4.69. The van der Waals surface area contributed by atoms with Gasteiger partial charge in [-0.1, -0.05) is 0 Å². The summed E-state index contributed by atoms with van der Waals surface area (Å²) in [6, 6.07) is 0.348. The van der Waals surface area contributed by atoms with Gasteiger partial charge >= 0.3 is 0 Å². The summed E-state index contributed by atoms with van der Waals surface area (Å²) in [6.07, 6.45) is 5.96. The highest BCUT2D eigenvalue weighted by molar-refractivity contribution is 7.14. The van der Waals surface area contributed by atoms with Crippen LogP contribution in [0.1, 0.15) is 36.3 Å². The van der Waals surface area contributed by atoms with E-state index < -0.39 is 0 Å². The zero-order valence-corrected chi connectivity index (χ0v) is 12.9. The number of aryl methyl sites for hydroxylation is 1. The molecule has 104 valence electrons. The van der Waals surface area contributed by atoms with Crippen molar-refractivity contribution >= 4 is 46.1 Å². The lowest BCUT2D eigenvalue weighted by molar-refractivity contribution is -0.116. The Morgan fingerprint density at radius 2 is 2.20 bits per heavy atom. The highest BCUT2D eigenvalue weighted by Crippen LogP contribution is 2.33. The Kier molecular flexibility index (Phi) is 3.62. The van der Waals surface area contributed by atoms with Crippen LogP contribution in [-0.2, 0) is 4.79 Å². The predicted octanol–water partition coefficient (Wildman–Crippen LogP) is 2.99. The molecule has 20 heavy (non-hydrogen) atoms. The third-order valence-electron chi connectivity index (χ3n) is 2.91. The molecular weight excluding hydrogens is 292 g/mol. The van der Waals surface area contributed by atoms with Gasteiger partial charge in [-0.3, -0.25) is 9.69 Å². The number of thiazole rings is 1. The van der Waals surface area contributed by atoms with Crippen LogP contribution in [0.2, 0.25) is 0 Å². The molecule has 0 aromatic carbocycles. The van der Waals surface area contributed by atoms with Gasteiger partial charge in [0.15, 0.2) is 5.13 Å². The average molecular weight is 306 g/mol. The first kappa shape index (κ1) is 13.4. The van der Waals surface area contributed by atoms with Crippen LogP contribution >= 0.6 is 22.9 Å². The van der Waals surface area contributed by atoms with Crippen molar-refractivity contribution in [1.29, 1.82) is 0 Å². The normalized spacial score (nSPS) is 14.9.